The summed E-state index contributed by atoms with van der Waals surface area (Å²) in [5.74, 6) is -0.100. The fourth-order valence-electron chi connectivity index (χ4n) is 3.31. The lowest BCUT2D eigenvalue weighted by molar-refractivity contribution is 0.278. The second-order valence-electron chi connectivity index (χ2n) is 7.66. The number of allylic oxidation sites excluding steroid dienone is 1. The van der Waals surface area contributed by atoms with E-state index in [4.69, 9.17) is 23.1 Å². The third-order valence-corrected chi connectivity index (χ3v) is 5.33. The van der Waals surface area contributed by atoms with Crippen molar-refractivity contribution in [3.05, 3.63) is 76.2 Å². The molecule has 0 radical (unpaired) electrons. The number of nitrogens with two attached hydrogens (primary N) is 2. The summed E-state index contributed by atoms with van der Waals surface area (Å²) in [4.78, 5) is 6.93. The highest BCUT2D eigenvalue weighted by molar-refractivity contribution is 6.30. The van der Waals surface area contributed by atoms with E-state index in [1.807, 2.05) is 19.2 Å². The second kappa shape index (κ2) is 13.7. The molecule has 7 nitrogen and oxygen atoms in total. The van der Waals surface area contributed by atoms with Crippen LogP contribution in [0.5, 0.6) is 0 Å². The van der Waals surface area contributed by atoms with Crippen molar-refractivity contribution in [3.8, 4) is 0 Å². The van der Waals surface area contributed by atoms with Crippen LogP contribution in [0.3, 0.4) is 0 Å². The van der Waals surface area contributed by atoms with E-state index in [-0.39, 0.29) is 11.3 Å². The lowest BCUT2D eigenvalue weighted by Gasteiger charge is -2.21. The quantitative estimate of drug-likeness (QED) is 0.283. The fraction of sp³-hybridized carbons (Fsp3) is 0.375. The van der Waals surface area contributed by atoms with Gasteiger partial charge < -0.3 is 32.3 Å². The van der Waals surface area contributed by atoms with Crippen LogP contribution in [0.2, 0.25) is 5.02 Å². The minimum absolute atomic E-state index is 0.199. The van der Waals surface area contributed by atoms with Gasteiger partial charge in [-0.25, -0.2) is 4.39 Å². The molecular formula is C24H35ClFN7. The molecule has 0 amide bonds. The van der Waals surface area contributed by atoms with E-state index in [0.29, 0.717) is 16.5 Å². The first-order valence-corrected chi connectivity index (χ1v) is 11.4. The molecule has 0 unspecified atom stereocenters. The van der Waals surface area contributed by atoms with Gasteiger partial charge in [-0.05, 0) is 56.4 Å². The van der Waals surface area contributed by atoms with Gasteiger partial charge in [0, 0.05) is 67.0 Å². The lowest BCUT2D eigenvalue weighted by Crippen LogP contribution is -2.33. The zero-order chi connectivity index (χ0) is 24.2. The molecule has 7 N–H and O–H groups in total. The van der Waals surface area contributed by atoms with Gasteiger partial charge in [0.2, 0.25) is 0 Å². The highest BCUT2D eigenvalue weighted by Crippen LogP contribution is 2.21. The van der Waals surface area contributed by atoms with Crippen LogP contribution in [-0.4, -0.2) is 50.2 Å². The molecule has 180 valence electrons. The van der Waals surface area contributed by atoms with E-state index in [0.717, 1.165) is 50.4 Å². The van der Waals surface area contributed by atoms with E-state index in [2.05, 4.69) is 32.8 Å². The van der Waals surface area contributed by atoms with Crippen molar-refractivity contribution in [2.24, 2.45) is 11.5 Å². The van der Waals surface area contributed by atoms with Crippen LogP contribution < -0.4 is 27.4 Å². The van der Waals surface area contributed by atoms with Gasteiger partial charge in [-0.2, -0.15) is 0 Å². The smallest absolute Gasteiger partial charge is 0.132 e. The fourth-order valence-corrected chi connectivity index (χ4v) is 3.48. The second-order valence-corrected chi connectivity index (χ2v) is 8.09. The molecule has 0 aliphatic carbocycles. The van der Waals surface area contributed by atoms with Crippen molar-refractivity contribution in [1.29, 1.82) is 0 Å². The average molecular weight is 476 g/mol. The molecular weight excluding hydrogens is 441 g/mol. The molecule has 33 heavy (non-hydrogen) atoms. The minimum atomic E-state index is -0.461. The molecule has 9 heteroatoms. The number of hydrogen-bond acceptors (Lipinski definition) is 7. The molecule has 0 aliphatic rings. The molecule has 2 aromatic rings. The Bertz CT molecular complexity index is 962. The number of benzene rings is 1. The summed E-state index contributed by atoms with van der Waals surface area (Å²) >= 11 is 6.01. The highest BCUT2D eigenvalue weighted by atomic mass is 35.5. The van der Waals surface area contributed by atoms with Crippen molar-refractivity contribution in [2.45, 2.75) is 19.8 Å². The Hall–Kier alpha value is -2.81. The zero-order valence-electron chi connectivity index (χ0n) is 19.6. The number of rotatable bonds is 13. The van der Waals surface area contributed by atoms with Gasteiger partial charge in [-0.15, -0.1) is 0 Å². The van der Waals surface area contributed by atoms with E-state index in [1.165, 1.54) is 18.2 Å². The van der Waals surface area contributed by atoms with Gasteiger partial charge in [0.15, 0.2) is 0 Å². The molecule has 0 saturated carbocycles. The Balaban J connectivity index is 2.19. The summed E-state index contributed by atoms with van der Waals surface area (Å²) in [7, 11) is 3.66. The summed E-state index contributed by atoms with van der Waals surface area (Å²) in [5, 5.41) is 9.77. The summed E-state index contributed by atoms with van der Waals surface area (Å²) in [5.41, 5.74) is 15.0. The Morgan fingerprint density at radius 3 is 2.64 bits per heavy atom. The van der Waals surface area contributed by atoms with Gasteiger partial charge in [0.1, 0.15) is 11.6 Å². The predicted octanol–water partition coefficient (Wildman–Crippen LogP) is 3.11. The van der Waals surface area contributed by atoms with Gasteiger partial charge in [-0.3, -0.25) is 4.98 Å². The molecule has 1 aromatic heterocycles. The van der Waals surface area contributed by atoms with E-state index >= 15 is 0 Å². The standard InChI is InChI=1S/C24H35ClFN7/c1-4-11-33(13-10-29-2)12-8-18-15-19(7-9-31-18)32-23(24(28)30-3)16-22(27)20-14-17(25)5-6-21(20)26/h5-7,9,14-16,29-30H,4,8,10-13,27-28H2,1-3H3,(H,31,32)/b22-16-,24-23-. The number of pyridine rings is 1. The van der Waals surface area contributed by atoms with Crippen molar-refractivity contribution in [1.82, 2.24) is 20.5 Å². The number of aromatic nitrogens is 1. The third kappa shape index (κ3) is 8.57. The molecule has 0 spiro atoms. The molecule has 0 saturated heterocycles. The number of nitrogens with zero attached hydrogens (tertiary/aromatic N) is 2. The van der Waals surface area contributed by atoms with E-state index < -0.39 is 5.82 Å². The summed E-state index contributed by atoms with van der Waals surface area (Å²) in [6, 6.07) is 8.07. The third-order valence-electron chi connectivity index (χ3n) is 5.10. The SMILES string of the molecule is CCCN(CCNC)CCc1cc(NC(/C=C(\N)c2cc(Cl)ccc2F)=C(/N)NC)ccn1. The average Bonchev–Trinajstić information content (AvgIpc) is 2.81. The maximum Gasteiger partial charge on any atom is 0.132 e. The maximum absolute atomic E-state index is 14.2. The Kier molecular flexibility index (Phi) is 11.0. The van der Waals surface area contributed by atoms with Crippen molar-refractivity contribution < 1.29 is 4.39 Å². The summed E-state index contributed by atoms with van der Waals surface area (Å²) in [6.07, 6.45) is 5.27. The largest absolute Gasteiger partial charge is 0.398 e. The number of hydrogen-bond donors (Lipinski definition) is 5. The maximum atomic E-state index is 14.2. The van der Waals surface area contributed by atoms with Crippen LogP contribution in [0.4, 0.5) is 10.1 Å². The van der Waals surface area contributed by atoms with Gasteiger partial charge in [-0.1, -0.05) is 18.5 Å². The normalized spacial score (nSPS) is 12.6. The first-order valence-electron chi connectivity index (χ1n) is 11.1. The highest BCUT2D eigenvalue weighted by Gasteiger charge is 2.10. The zero-order valence-corrected chi connectivity index (χ0v) is 20.3. The molecule has 0 bridgehead atoms. The van der Waals surface area contributed by atoms with Crippen LogP contribution in [0, 0.1) is 5.82 Å². The van der Waals surface area contributed by atoms with Crippen LogP contribution in [0.1, 0.15) is 24.6 Å². The summed E-state index contributed by atoms with van der Waals surface area (Å²) in [6.45, 7) is 6.11. The molecule has 0 aliphatic heterocycles. The minimum Gasteiger partial charge on any atom is -0.398 e. The molecule has 2 rings (SSSR count). The number of likely N-dealkylation sites (N-methyl/N-ethyl adjacent to an activating group) is 1. The molecule has 0 atom stereocenters. The van der Waals surface area contributed by atoms with Crippen LogP contribution in [0.15, 0.2) is 54.1 Å². The topological polar surface area (TPSA) is 104 Å². The number of halogens is 2. The number of nitrogens with one attached hydrogen (secondary N) is 3. The van der Waals surface area contributed by atoms with Crippen molar-refractivity contribution in [3.63, 3.8) is 0 Å². The Morgan fingerprint density at radius 2 is 1.94 bits per heavy atom. The van der Waals surface area contributed by atoms with Crippen LogP contribution in [-0.2, 0) is 6.42 Å². The monoisotopic (exact) mass is 475 g/mol. The van der Waals surface area contributed by atoms with E-state index in [9.17, 15) is 4.39 Å². The summed E-state index contributed by atoms with van der Waals surface area (Å²) < 4.78 is 14.2. The lowest BCUT2D eigenvalue weighted by atomic mass is 10.1. The van der Waals surface area contributed by atoms with Gasteiger partial charge in [0.05, 0.1) is 5.70 Å². The van der Waals surface area contributed by atoms with E-state index in [1.54, 1.807) is 19.3 Å². The first-order chi connectivity index (χ1) is 15.9. The Labute approximate surface area is 201 Å². The van der Waals surface area contributed by atoms with Crippen LogP contribution >= 0.6 is 11.6 Å². The molecule has 1 heterocycles. The van der Waals surface area contributed by atoms with Crippen molar-refractivity contribution >= 4 is 23.0 Å². The first kappa shape index (κ1) is 26.4. The van der Waals surface area contributed by atoms with Gasteiger partial charge in [0.25, 0.3) is 0 Å². The van der Waals surface area contributed by atoms with Crippen molar-refractivity contribution in [2.75, 3.05) is 45.6 Å². The molecule has 0 fully saturated rings. The molecule has 1 aromatic carbocycles. The predicted molar refractivity (Wildman–Crippen MR) is 136 cm³/mol. The van der Waals surface area contributed by atoms with Crippen LogP contribution in [0.25, 0.3) is 5.70 Å². The van der Waals surface area contributed by atoms with Gasteiger partial charge >= 0.3 is 0 Å². The number of anilines is 1. The Morgan fingerprint density at radius 1 is 1.15 bits per heavy atom.